The fraction of sp³-hybridized carbons (Fsp3) is 0.167. The zero-order valence-corrected chi connectivity index (χ0v) is 9.02. The van der Waals surface area contributed by atoms with Gasteiger partial charge in [0.05, 0.1) is 11.3 Å². The number of aromatic nitrogens is 1. The second-order valence-electron chi connectivity index (χ2n) is 3.55. The molecule has 0 atom stereocenters. The van der Waals surface area contributed by atoms with Crippen molar-refractivity contribution in [2.24, 2.45) is 0 Å². The summed E-state index contributed by atoms with van der Waals surface area (Å²) in [6.45, 7) is 3.68. The lowest BCUT2D eigenvalue weighted by Gasteiger charge is -1.97. The Balaban J connectivity index is 2.48. The number of rotatable bonds is 2. The number of aryl methyl sites for hydroxylation is 2. The average Bonchev–Trinajstić information content (AvgIpc) is 2.59. The van der Waals surface area contributed by atoms with Crippen LogP contribution in [0.1, 0.15) is 21.8 Å². The lowest BCUT2D eigenvalue weighted by molar-refractivity contribution is 0.0697. The van der Waals surface area contributed by atoms with Crippen LogP contribution in [0.2, 0.25) is 0 Å². The Kier molecular flexibility index (Phi) is 2.48. The number of carbonyl (C=O) groups is 1. The second kappa shape index (κ2) is 3.81. The number of hydrogen-bond acceptors (Lipinski definition) is 3. The molecule has 0 bridgehead atoms. The molecular formula is C12H11NO3. The lowest BCUT2D eigenvalue weighted by atomic mass is 10.1. The smallest absolute Gasteiger partial charge is 0.335 e. The van der Waals surface area contributed by atoms with Crippen LogP contribution in [0.4, 0.5) is 0 Å². The SMILES string of the molecule is Cc1nc(-c2cccc(C(=O)O)c2)oc1C. The minimum atomic E-state index is -0.957. The Bertz CT molecular complexity index is 523. The number of aromatic carboxylic acids is 1. The molecule has 1 heterocycles. The Morgan fingerprint density at radius 3 is 2.69 bits per heavy atom. The first-order chi connectivity index (χ1) is 7.58. The van der Waals surface area contributed by atoms with Crippen LogP contribution in [-0.4, -0.2) is 16.1 Å². The molecule has 1 aromatic heterocycles. The molecule has 0 amide bonds. The predicted molar refractivity (Wildman–Crippen MR) is 58.4 cm³/mol. The van der Waals surface area contributed by atoms with Gasteiger partial charge in [-0.05, 0) is 32.0 Å². The minimum absolute atomic E-state index is 0.228. The molecule has 1 aromatic carbocycles. The summed E-state index contributed by atoms with van der Waals surface area (Å²) in [5.74, 6) is 0.246. The Morgan fingerprint density at radius 2 is 2.12 bits per heavy atom. The van der Waals surface area contributed by atoms with Crippen molar-refractivity contribution in [3.05, 3.63) is 41.3 Å². The van der Waals surface area contributed by atoms with Gasteiger partial charge in [0.25, 0.3) is 0 Å². The van der Waals surface area contributed by atoms with Gasteiger partial charge in [-0.2, -0.15) is 0 Å². The third-order valence-corrected chi connectivity index (χ3v) is 2.38. The highest BCUT2D eigenvalue weighted by atomic mass is 16.4. The fourth-order valence-corrected chi connectivity index (χ4v) is 1.38. The molecule has 4 nitrogen and oxygen atoms in total. The lowest BCUT2D eigenvalue weighted by Crippen LogP contribution is -1.95. The topological polar surface area (TPSA) is 63.3 Å². The molecule has 0 aliphatic carbocycles. The molecule has 0 saturated heterocycles. The summed E-state index contributed by atoms with van der Waals surface area (Å²) in [4.78, 5) is 15.0. The van der Waals surface area contributed by atoms with E-state index in [2.05, 4.69) is 4.98 Å². The van der Waals surface area contributed by atoms with Crippen molar-refractivity contribution in [2.45, 2.75) is 13.8 Å². The van der Waals surface area contributed by atoms with E-state index >= 15 is 0 Å². The molecule has 0 fully saturated rings. The van der Waals surface area contributed by atoms with Crippen LogP contribution >= 0.6 is 0 Å². The van der Waals surface area contributed by atoms with Gasteiger partial charge in [-0.1, -0.05) is 6.07 Å². The van der Waals surface area contributed by atoms with Crippen LogP contribution in [-0.2, 0) is 0 Å². The molecule has 0 unspecified atom stereocenters. The molecule has 0 radical (unpaired) electrons. The summed E-state index contributed by atoms with van der Waals surface area (Å²) < 4.78 is 5.43. The van der Waals surface area contributed by atoms with Gasteiger partial charge < -0.3 is 9.52 Å². The van der Waals surface area contributed by atoms with Gasteiger partial charge >= 0.3 is 5.97 Å². The molecule has 0 spiro atoms. The van der Waals surface area contributed by atoms with E-state index < -0.39 is 5.97 Å². The van der Waals surface area contributed by atoms with E-state index in [1.54, 1.807) is 18.2 Å². The van der Waals surface area contributed by atoms with Crippen LogP contribution in [0.15, 0.2) is 28.7 Å². The highest BCUT2D eigenvalue weighted by Gasteiger charge is 2.10. The summed E-state index contributed by atoms with van der Waals surface area (Å²) in [6, 6.07) is 6.53. The third-order valence-electron chi connectivity index (χ3n) is 2.38. The maximum atomic E-state index is 10.8. The van der Waals surface area contributed by atoms with Crippen molar-refractivity contribution >= 4 is 5.97 Å². The number of nitrogens with zero attached hydrogens (tertiary/aromatic N) is 1. The largest absolute Gasteiger partial charge is 0.478 e. The number of hydrogen-bond donors (Lipinski definition) is 1. The van der Waals surface area contributed by atoms with Crippen molar-refractivity contribution in [1.82, 2.24) is 4.98 Å². The Labute approximate surface area is 92.6 Å². The fourth-order valence-electron chi connectivity index (χ4n) is 1.38. The zero-order chi connectivity index (χ0) is 11.7. The zero-order valence-electron chi connectivity index (χ0n) is 9.02. The van der Waals surface area contributed by atoms with Gasteiger partial charge in [-0.15, -0.1) is 0 Å². The van der Waals surface area contributed by atoms with Crippen LogP contribution in [0.3, 0.4) is 0 Å². The molecule has 0 aliphatic rings. The monoisotopic (exact) mass is 217 g/mol. The van der Waals surface area contributed by atoms with Crippen molar-refractivity contribution in [2.75, 3.05) is 0 Å². The number of benzene rings is 1. The van der Waals surface area contributed by atoms with E-state index in [9.17, 15) is 4.79 Å². The first-order valence-electron chi connectivity index (χ1n) is 4.85. The van der Waals surface area contributed by atoms with E-state index in [-0.39, 0.29) is 5.56 Å². The van der Waals surface area contributed by atoms with E-state index in [1.165, 1.54) is 6.07 Å². The molecule has 0 saturated carbocycles. The van der Waals surface area contributed by atoms with E-state index in [0.29, 0.717) is 11.5 Å². The summed E-state index contributed by atoms with van der Waals surface area (Å²) in [5, 5.41) is 8.86. The van der Waals surface area contributed by atoms with E-state index in [0.717, 1.165) is 11.5 Å². The average molecular weight is 217 g/mol. The minimum Gasteiger partial charge on any atom is -0.478 e. The number of carboxylic acid groups (broad SMARTS) is 1. The van der Waals surface area contributed by atoms with Crippen LogP contribution < -0.4 is 0 Å². The van der Waals surface area contributed by atoms with Gasteiger partial charge in [-0.25, -0.2) is 9.78 Å². The van der Waals surface area contributed by atoms with Crippen molar-refractivity contribution in [3.8, 4) is 11.5 Å². The van der Waals surface area contributed by atoms with E-state index in [1.807, 2.05) is 13.8 Å². The second-order valence-corrected chi connectivity index (χ2v) is 3.55. The normalized spacial score (nSPS) is 10.4. The van der Waals surface area contributed by atoms with Crippen molar-refractivity contribution in [1.29, 1.82) is 0 Å². The molecule has 2 rings (SSSR count). The van der Waals surface area contributed by atoms with Gasteiger partial charge in [-0.3, -0.25) is 0 Å². The molecule has 82 valence electrons. The maximum Gasteiger partial charge on any atom is 0.335 e. The summed E-state index contributed by atoms with van der Waals surface area (Å²) in [7, 11) is 0. The summed E-state index contributed by atoms with van der Waals surface area (Å²) >= 11 is 0. The highest BCUT2D eigenvalue weighted by Crippen LogP contribution is 2.22. The van der Waals surface area contributed by atoms with Crippen molar-refractivity contribution < 1.29 is 14.3 Å². The molecule has 16 heavy (non-hydrogen) atoms. The van der Waals surface area contributed by atoms with Gasteiger partial charge in [0.1, 0.15) is 5.76 Å². The van der Waals surface area contributed by atoms with Crippen LogP contribution in [0.5, 0.6) is 0 Å². The molecule has 0 aliphatic heterocycles. The highest BCUT2D eigenvalue weighted by molar-refractivity contribution is 5.88. The molecule has 4 heteroatoms. The quantitative estimate of drug-likeness (QED) is 0.839. The first kappa shape index (κ1) is 10.4. The van der Waals surface area contributed by atoms with Gasteiger partial charge in [0.15, 0.2) is 0 Å². The van der Waals surface area contributed by atoms with Gasteiger partial charge in [0, 0.05) is 5.56 Å². The maximum absolute atomic E-state index is 10.8. The number of carboxylic acids is 1. The summed E-state index contributed by atoms with van der Waals surface area (Å²) in [5.41, 5.74) is 1.72. The van der Waals surface area contributed by atoms with E-state index in [4.69, 9.17) is 9.52 Å². The van der Waals surface area contributed by atoms with Crippen molar-refractivity contribution in [3.63, 3.8) is 0 Å². The van der Waals surface area contributed by atoms with Gasteiger partial charge in [0.2, 0.25) is 5.89 Å². The number of oxazole rings is 1. The van der Waals surface area contributed by atoms with Crippen LogP contribution in [0.25, 0.3) is 11.5 Å². The predicted octanol–water partition coefficient (Wildman–Crippen LogP) is 2.66. The molecular weight excluding hydrogens is 206 g/mol. The summed E-state index contributed by atoms with van der Waals surface area (Å²) in [6.07, 6.45) is 0. The Hall–Kier alpha value is -2.10. The standard InChI is InChI=1S/C12H11NO3/c1-7-8(2)16-11(13-7)9-4-3-5-10(6-9)12(14)15/h3-6H,1-2H3,(H,14,15). The van der Waals surface area contributed by atoms with Crippen LogP contribution in [0, 0.1) is 13.8 Å². The molecule has 1 N–H and O–H groups in total. The third kappa shape index (κ3) is 1.82. The first-order valence-corrected chi connectivity index (χ1v) is 4.85. The Morgan fingerprint density at radius 1 is 1.38 bits per heavy atom. The molecule has 2 aromatic rings.